The molecule has 3 aromatic rings. The molecule has 3 aromatic carbocycles. The molecule has 9 heteroatoms. The van der Waals surface area contributed by atoms with Crippen LogP contribution in [0.2, 0.25) is 10.0 Å². The molecule has 31 heavy (non-hydrogen) atoms. The van der Waals surface area contributed by atoms with Gasteiger partial charge in [0.1, 0.15) is 5.75 Å². The normalized spacial score (nSPS) is 12.1. The molecule has 0 saturated carbocycles. The van der Waals surface area contributed by atoms with E-state index in [0.717, 1.165) is 5.56 Å². The largest absolute Gasteiger partial charge is 0.481 e. The molecule has 0 aromatic heterocycles. The molecule has 0 spiro atoms. The summed E-state index contributed by atoms with van der Waals surface area (Å²) in [6.45, 7) is 3.53. The minimum Gasteiger partial charge on any atom is -0.481 e. The van der Waals surface area contributed by atoms with E-state index >= 15 is 0 Å². The summed E-state index contributed by atoms with van der Waals surface area (Å²) >= 11 is 11.9. The predicted molar refractivity (Wildman–Crippen MR) is 124 cm³/mol. The SMILES string of the molecule is Cc1ccccc1O[C@H](C)C(=O)Nc1ccc(S(=O)(=O)Nc2ccc(Cl)cc2Cl)cc1. The number of carbonyl (C=O) groups excluding carboxylic acids is 1. The Kier molecular flexibility index (Phi) is 7.10. The maximum atomic E-state index is 12.6. The Morgan fingerprint density at radius 2 is 1.68 bits per heavy atom. The van der Waals surface area contributed by atoms with E-state index < -0.39 is 16.1 Å². The highest BCUT2D eigenvalue weighted by molar-refractivity contribution is 7.92. The van der Waals surface area contributed by atoms with Gasteiger partial charge in [0.15, 0.2) is 6.10 Å². The van der Waals surface area contributed by atoms with Gasteiger partial charge < -0.3 is 10.1 Å². The van der Waals surface area contributed by atoms with Crippen LogP contribution in [0.15, 0.2) is 71.6 Å². The van der Waals surface area contributed by atoms with Crippen molar-refractivity contribution in [3.05, 3.63) is 82.3 Å². The number of ether oxygens (including phenoxy) is 1. The first kappa shape index (κ1) is 22.9. The van der Waals surface area contributed by atoms with Crippen LogP contribution in [-0.4, -0.2) is 20.4 Å². The lowest BCUT2D eigenvalue weighted by atomic mass is 10.2. The maximum Gasteiger partial charge on any atom is 0.265 e. The number of para-hydroxylation sites is 1. The molecule has 0 aliphatic carbocycles. The maximum absolute atomic E-state index is 12.6. The molecule has 2 N–H and O–H groups in total. The summed E-state index contributed by atoms with van der Waals surface area (Å²) in [4.78, 5) is 12.4. The summed E-state index contributed by atoms with van der Waals surface area (Å²) in [6, 6.07) is 17.6. The third-order valence-electron chi connectivity index (χ3n) is 4.37. The van der Waals surface area contributed by atoms with Crippen LogP contribution in [0.1, 0.15) is 12.5 Å². The quantitative estimate of drug-likeness (QED) is 0.468. The van der Waals surface area contributed by atoms with Gasteiger partial charge in [-0.1, -0.05) is 41.4 Å². The first-order chi connectivity index (χ1) is 14.7. The van der Waals surface area contributed by atoms with Gasteiger partial charge in [-0.3, -0.25) is 9.52 Å². The van der Waals surface area contributed by atoms with Crippen LogP contribution < -0.4 is 14.8 Å². The molecule has 1 atom stereocenters. The molecule has 0 saturated heterocycles. The minimum atomic E-state index is -3.87. The average molecular weight is 479 g/mol. The van der Waals surface area contributed by atoms with Gasteiger partial charge in [0.05, 0.1) is 15.6 Å². The second kappa shape index (κ2) is 9.60. The standard InChI is InChI=1S/C22H20Cl2N2O4S/c1-14-5-3-4-6-21(14)30-15(2)22(27)25-17-8-10-18(11-9-17)31(28,29)26-20-12-7-16(23)13-19(20)24/h3-13,15,26H,1-2H3,(H,25,27)/t15-/m1/s1. The number of anilines is 2. The molecule has 162 valence electrons. The van der Waals surface area contributed by atoms with Crippen LogP contribution in [0.5, 0.6) is 5.75 Å². The third kappa shape index (κ3) is 5.91. The lowest BCUT2D eigenvalue weighted by Crippen LogP contribution is -2.30. The van der Waals surface area contributed by atoms with Crippen molar-refractivity contribution in [3.8, 4) is 5.75 Å². The summed E-state index contributed by atoms with van der Waals surface area (Å²) in [5, 5.41) is 3.29. The topological polar surface area (TPSA) is 84.5 Å². The van der Waals surface area contributed by atoms with Crippen molar-refractivity contribution in [3.63, 3.8) is 0 Å². The Morgan fingerprint density at radius 1 is 1.00 bits per heavy atom. The lowest BCUT2D eigenvalue weighted by Gasteiger charge is -2.16. The Morgan fingerprint density at radius 3 is 2.32 bits per heavy atom. The first-order valence-electron chi connectivity index (χ1n) is 9.27. The van der Waals surface area contributed by atoms with Crippen LogP contribution >= 0.6 is 23.2 Å². The second-order valence-electron chi connectivity index (χ2n) is 6.77. The van der Waals surface area contributed by atoms with E-state index in [2.05, 4.69) is 10.0 Å². The minimum absolute atomic E-state index is 0.0146. The fourth-order valence-electron chi connectivity index (χ4n) is 2.67. The molecule has 6 nitrogen and oxygen atoms in total. The predicted octanol–water partition coefficient (Wildman–Crippen LogP) is 5.51. The van der Waals surface area contributed by atoms with Gasteiger partial charge in [-0.25, -0.2) is 8.42 Å². The van der Waals surface area contributed by atoms with Crippen LogP contribution in [0.4, 0.5) is 11.4 Å². The van der Waals surface area contributed by atoms with Crippen molar-refractivity contribution < 1.29 is 17.9 Å². The molecule has 1 amide bonds. The van der Waals surface area contributed by atoms with Gasteiger partial charge in [-0.05, 0) is 67.9 Å². The molecular formula is C22H20Cl2N2O4S. The number of hydrogen-bond donors (Lipinski definition) is 2. The summed E-state index contributed by atoms with van der Waals surface area (Å²) < 4.78 is 33.3. The number of sulfonamides is 1. The monoisotopic (exact) mass is 478 g/mol. The highest BCUT2D eigenvalue weighted by Crippen LogP contribution is 2.28. The highest BCUT2D eigenvalue weighted by Gasteiger charge is 2.18. The van der Waals surface area contributed by atoms with E-state index in [1.165, 1.54) is 42.5 Å². The average Bonchev–Trinajstić information content (AvgIpc) is 2.72. The van der Waals surface area contributed by atoms with E-state index in [0.29, 0.717) is 16.5 Å². The van der Waals surface area contributed by atoms with Crippen LogP contribution in [0, 0.1) is 6.92 Å². The number of nitrogens with one attached hydrogen (secondary N) is 2. The molecule has 0 aliphatic heterocycles. The van der Waals surface area contributed by atoms with Crippen molar-refractivity contribution in [1.82, 2.24) is 0 Å². The van der Waals surface area contributed by atoms with Crippen molar-refractivity contribution in [1.29, 1.82) is 0 Å². The molecule has 0 aliphatic rings. The molecule has 0 bridgehead atoms. The molecule has 0 heterocycles. The first-order valence-corrected chi connectivity index (χ1v) is 11.5. The molecule has 0 fully saturated rings. The Labute approximate surface area is 191 Å². The molecule has 3 rings (SSSR count). The number of aryl methyl sites for hydroxylation is 1. The van der Waals surface area contributed by atoms with Gasteiger partial charge in [0.2, 0.25) is 0 Å². The summed E-state index contributed by atoms with van der Waals surface area (Å²) in [5.41, 5.74) is 1.57. The fourth-order valence-corrected chi connectivity index (χ4v) is 4.26. The van der Waals surface area contributed by atoms with Crippen LogP contribution in [-0.2, 0) is 14.8 Å². The zero-order valence-corrected chi connectivity index (χ0v) is 19.1. The number of carbonyl (C=O) groups is 1. The van der Waals surface area contributed by atoms with E-state index in [4.69, 9.17) is 27.9 Å². The zero-order chi connectivity index (χ0) is 22.6. The van der Waals surface area contributed by atoms with Gasteiger partial charge in [-0.15, -0.1) is 0 Å². The Hall–Kier alpha value is -2.74. The van der Waals surface area contributed by atoms with Gasteiger partial charge in [-0.2, -0.15) is 0 Å². The zero-order valence-electron chi connectivity index (χ0n) is 16.7. The number of amides is 1. The van der Waals surface area contributed by atoms with Crippen molar-refractivity contribution >= 4 is 50.5 Å². The van der Waals surface area contributed by atoms with E-state index in [-0.39, 0.29) is 21.5 Å². The van der Waals surface area contributed by atoms with Crippen molar-refractivity contribution in [2.75, 3.05) is 10.0 Å². The lowest BCUT2D eigenvalue weighted by molar-refractivity contribution is -0.122. The Balaban J connectivity index is 1.66. The van der Waals surface area contributed by atoms with Crippen LogP contribution in [0.3, 0.4) is 0 Å². The van der Waals surface area contributed by atoms with Gasteiger partial charge in [0, 0.05) is 10.7 Å². The molecule has 0 unspecified atom stereocenters. The van der Waals surface area contributed by atoms with Gasteiger partial charge in [0.25, 0.3) is 15.9 Å². The number of hydrogen-bond acceptors (Lipinski definition) is 4. The van der Waals surface area contributed by atoms with Crippen molar-refractivity contribution in [2.45, 2.75) is 24.8 Å². The molecular weight excluding hydrogens is 459 g/mol. The fraction of sp³-hybridized carbons (Fsp3) is 0.136. The molecule has 0 radical (unpaired) electrons. The van der Waals surface area contributed by atoms with E-state index in [1.54, 1.807) is 13.0 Å². The summed E-state index contributed by atoms with van der Waals surface area (Å²) in [6.07, 6.45) is -0.738. The summed E-state index contributed by atoms with van der Waals surface area (Å²) in [5.74, 6) is 0.267. The Bertz CT molecular complexity index is 1200. The van der Waals surface area contributed by atoms with Gasteiger partial charge >= 0.3 is 0 Å². The second-order valence-corrected chi connectivity index (χ2v) is 9.29. The summed E-state index contributed by atoms with van der Waals surface area (Å²) in [7, 11) is -3.87. The van der Waals surface area contributed by atoms with E-state index in [1.807, 2.05) is 25.1 Å². The number of halogens is 2. The van der Waals surface area contributed by atoms with Crippen LogP contribution in [0.25, 0.3) is 0 Å². The van der Waals surface area contributed by atoms with E-state index in [9.17, 15) is 13.2 Å². The smallest absolute Gasteiger partial charge is 0.265 e. The number of benzene rings is 3. The number of rotatable bonds is 7. The third-order valence-corrected chi connectivity index (χ3v) is 6.30. The van der Waals surface area contributed by atoms with Crippen molar-refractivity contribution in [2.24, 2.45) is 0 Å². The highest BCUT2D eigenvalue weighted by atomic mass is 35.5.